The van der Waals surface area contributed by atoms with Gasteiger partial charge >= 0.3 is 12.1 Å². The maximum atomic E-state index is 11.9. The average molecular weight is 378 g/mol. The maximum absolute atomic E-state index is 11.9. The summed E-state index contributed by atoms with van der Waals surface area (Å²) in [4.78, 5) is 26.1. The second-order valence-corrected chi connectivity index (χ2v) is 7.75. The van der Waals surface area contributed by atoms with E-state index in [1.807, 2.05) is 11.3 Å². The maximum Gasteiger partial charge on any atom is 0.490 e. The Bertz CT molecular complexity index is 622. The summed E-state index contributed by atoms with van der Waals surface area (Å²) in [5.41, 5.74) is -0.0259. The number of carbonyl (C=O) groups excluding carboxylic acids is 1. The Morgan fingerprint density at radius 1 is 1.32 bits per heavy atom. The topological polar surface area (TPSA) is 69.6 Å². The van der Waals surface area contributed by atoms with Crippen molar-refractivity contribution in [2.75, 3.05) is 19.6 Å². The van der Waals surface area contributed by atoms with Crippen LogP contribution in [0.4, 0.5) is 13.2 Å². The van der Waals surface area contributed by atoms with E-state index in [1.165, 1.54) is 9.75 Å². The van der Waals surface area contributed by atoms with Crippen molar-refractivity contribution in [3.05, 3.63) is 21.9 Å². The molecule has 0 unspecified atom stereocenters. The molecule has 0 aliphatic carbocycles. The smallest absolute Gasteiger partial charge is 0.475 e. The molecule has 1 amide bonds. The third kappa shape index (κ3) is 5.18. The fourth-order valence-electron chi connectivity index (χ4n) is 3.12. The number of carboxylic acid groups (broad SMARTS) is 1. The van der Waals surface area contributed by atoms with Gasteiger partial charge in [-0.2, -0.15) is 13.2 Å². The second kappa shape index (κ2) is 7.74. The lowest BCUT2D eigenvalue weighted by molar-refractivity contribution is -0.192. The molecule has 2 N–H and O–H groups in total. The van der Waals surface area contributed by atoms with Crippen LogP contribution in [0.2, 0.25) is 0 Å². The first-order chi connectivity index (χ1) is 11.6. The Hall–Kier alpha value is -1.61. The zero-order chi connectivity index (χ0) is 18.7. The number of alkyl halides is 3. The number of rotatable bonds is 2. The van der Waals surface area contributed by atoms with Gasteiger partial charge in [0.1, 0.15) is 0 Å². The molecule has 0 atom stereocenters. The zero-order valence-corrected chi connectivity index (χ0v) is 14.7. The minimum atomic E-state index is -5.08. The van der Waals surface area contributed by atoms with E-state index in [0.717, 1.165) is 45.4 Å². The van der Waals surface area contributed by atoms with Crippen LogP contribution >= 0.6 is 11.3 Å². The largest absolute Gasteiger partial charge is 0.490 e. The molecule has 1 aromatic rings. The highest BCUT2D eigenvalue weighted by Crippen LogP contribution is 2.38. The molecule has 2 fully saturated rings. The summed E-state index contributed by atoms with van der Waals surface area (Å²) < 4.78 is 31.7. The Morgan fingerprint density at radius 3 is 2.32 bits per heavy atom. The Kier molecular flexibility index (Phi) is 6.10. The molecule has 2 saturated heterocycles. The molecule has 9 heteroatoms. The van der Waals surface area contributed by atoms with E-state index in [9.17, 15) is 18.0 Å². The fraction of sp³-hybridized carbons (Fsp3) is 0.625. The highest BCUT2D eigenvalue weighted by atomic mass is 32.1. The predicted molar refractivity (Wildman–Crippen MR) is 87.3 cm³/mol. The van der Waals surface area contributed by atoms with Crippen molar-refractivity contribution in [3.63, 3.8) is 0 Å². The van der Waals surface area contributed by atoms with Crippen LogP contribution in [-0.4, -0.2) is 47.7 Å². The van der Waals surface area contributed by atoms with Crippen molar-refractivity contribution in [2.45, 2.75) is 38.9 Å². The molecule has 1 spiro atoms. The number of halogens is 3. The van der Waals surface area contributed by atoms with Crippen molar-refractivity contribution in [3.8, 4) is 0 Å². The SMILES string of the molecule is Cc1ccc(CN2CCC3(CCNC3=O)CC2)s1.O=C(O)C(F)(F)F. The van der Waals surface area contributed by atoms with Gasteiger partial charge in [0.25, 0.3) is 0 Å². The van der Waals surface area contributed by atoms with E-state index in [4.69, 9.17) is 9.90 Å². The van der Waals surface area contributed by atoms with Gasteiger partial charge in [0, 0.05) is 22.8 Å². The number of nitrogens with zero attached hydrogens (tertiary/aromatic N) is 1. The number of nitrogens with one attached hydrogen (secondary N) is 1. The molecular formula is C16H21F3N2O3S. The van der Waals surface area contributed by atoms with E-state index in [0.29, 0.717) is 5.91 Å². The summed E-state index contributed by atoms with van der Waals surface area (Å²) in [5.74, 6) is -2.46. The first-order valence-corrected chi connectivity index (χ1v) is 8.80. The van der Waals surface area contributed by atoms with Gasteiger partial charge < -0.3 is 10.4 Å². The van der Waals surface area contributed by atoms with Gasteiger partial charge in [0.2, 0.25) is 5.91 Å². The molecule has 25 heavy (non-hydrogen) atoms. The van der Waals surface area contributed by atoms with Crippen LogP contribution in [0.3, 0.4) is 0 Å². The molecule has 2 aliphatic rings. The van der Waals surface area contributed by atoms with Crippen LogP contribution in [0.1, 0.15) is 29.0 Å². The first-order valence-electron chi connectivity index (χ1n) is 7.98. The standard InChI is InChI=1S/C14H20N2OS.C2HF3O2/c1-11-2-3-12(18-11)10-16-8-5-14(6-9-16)4-7-15-13(14)17;3-2(4,5)1(6)7/h2-3H,4-10H2,1H3,(H,15,17);(H,6,7). The summed E-state index contributed by atoms with van der Waals surface area (Å²) in [6, 6.07) is 4.42. The molecule has 2 aliphatic heterocycles. The second-order valence-electron chi connectivity index (χ2n) is 6.38. The average Bonchev–Trinajstić information content (AvgIpc) is 3.08. The third-order valence-electron chi connectivity index (χ3n) is 4.60. The number of hydrogen-bond acceptors (Lipinski definition) is 4. The molecule has 0 saturated carbocycles. The zero-order valence-electron chi connectivity index (χ0n) is 13.9. The van der Waals surface area contributed by atoms with Crippen LogP contribution in [0, 0.1) is 12.3 Å². The minimum absolute atomic E-state index is 0.0259. The number of likely N-dealkylation sites (tertiary alicyclic amines) is 1. The number of carboxylic acids is 1. The molecule has 1 aromatic heterocycles. The normalized spacial score (nSPS) is 20.1. The summed E-state index contributed by atoms with van der Waals surface area (Å²) >= 11 is 1.88. The Labute approximate surface area is 147 Å². The highest BCUT2D eigenvalue weighted by molar-refractivity contribution is 7.11. The van der Waals surface area contributed by atoms with Gasteiger partial charge in [-0.1, -0.05) is 0 Å². The fourth-order valence-corrected chi connectivity index (χ4v) is 4.06. The molecule has 0 aromatic carbocycles. The Balaban J connectivity index is 0.000000277. The van der Waals surface area contributed by atoms with E-state index in [1.54, 1.807) is 0 Å². The van der Waals surface area contributed by atoms with Crippen molar-refractivity contribution in [1.29, 1.82) is 0 Å². The lowest BCUT2D eigenvalue weighted by Crippen LogP contribution is -2.43. The molecule has 3 rings (SSSR count). The molecule has 0 bridgehead atoms. The predicted octanol–water partition coefficient (Wildman–Crippen LogP) is 2.79. The van der Waals surface area contributed by atoms with E-state index < -0.39 is 12.1 Å². The lowest BCUT2D eigenvalue weighted by atomic mass is 9.77. The molecular weight excluding hydrogens is 357 g/mol. The number of piperidine rings is 1. The highest BCUT2D eigenvalue weighted by Gasteiger charge is 2.44. The van der Waals surface area contributed by atoms with Crippen LogP contribution in [0.25, 0.3) is 0 Å². The van der Waals surface area contributed by atoms with Crippen LogP contribution in [0.5, 0.6) is 0 Å². The van der Waals surface area contributed by atoms with Gasteiger partial charge in [-0.25, -0.2) is 4.79 Å². The van der Waals surface area contributed by atoms with Gasteiger partial charge in [0.05, 0.1) is 5.41 Å². The molecule has 5 nitrogen and oxygen atoms in total. The number of aliphatic carboxylic acids is 1. The summed E-state index contributed by atoms with van der Waals surface area (Å²) in [6.45, 7) is 6.20. The van der Waals surface area contributed by atoms with E-state index >= 15 is 0 Å². The van der Waals surface area contributed by atoms with E-state index in [-0.39, 0.29) is 5.41 Å². The van der Waals surface area contributed by atoms with Crippen molar-refractivity contribution in [2.24, 2.45) is 5.41 Å². The number of hydrogen-bond donors (Lipinski definition) is 2. The number of carbonyl (C=O) groups is 2. The summed E-state index contributed by atoms with van der Waals surface area (Å²) in [5, 5.41) is 10.1. The summed E-state index contributed by atoms with van der Waals surface area (Å²) in [7, 11) is 0. The molecule has 140 valence electrons. The monoisotopic (exact) mass is 378 g/mol. The van der Waals surface area contributed by atoms with Crippen molar-refractivity contribution in [1.82, 2.24) is 10.2 Å². The van der Waals surface area contributed by atoms with Crippen molar-refractivity contribution < 1.29 is 27.9 Å². The van der Waals surface area contributed by atoms with Gasteiger partial charge in [-0.15, -0.1) is 11.3 Å². The molecule has 3 heterocycles. The number of amides is 1. The van der Waals surface area contributed by atoms with Crippen LogP contribution < -0.4 is 5.32 Å². The van der Waals surface area contributed by atoms with E-state index in [2.05, 4.69) is 29.3 Å². The first kappa shape index (κ1) is 19.7. The van der Waals surface area contributed by atoms with Gasteiger partial charge in [-0.3, -0.25) is 9.69 Å². The lowest BCUT2D eigenvalue weighted by Gasteiger charge is -2.37. The number of thiophene rings is 1. The van der Waals surface area contributed by atoms with Gasteiger partial charge in [0.15, 0.2) is 0 Å². The summed E-state index contributed by atoms with van der Waals surface area (Å²) in [6.07, 6.45) is -1.98. The van der Waals surface area contributed by atoms with Crippen LogP contribution in [-0.2, 0) is 16.1 Å². The molecule has 0 radical (unpaired) electrons. The Morgan fingerprint density at radius 2 is 1.92 bits per heavy atom. The van der Waals surface area contributed by atoms with Crippen molar-refractivity contribution >= 4 is 23.2 Å². The van der Waals surface area contributed by atoms with Crippen LogP contribution in [0.15, 0.2) is 12.1 Å². The number of aryl methyl sites for hydroxylation is 1. The van der Waals surface area contributed by atoms with Gasteiger partial charge in [-0.05, 0) is 51.4 Å². The third-order valence-corrected chi connectivity index (χ3v) is 5.59. The minimum Gasteiger partial charge on any atom is -0.475 e. The quantitative estimate of drug-likeness (QED) is 0.830.